The number of hydrogen-bond acceptors (Lipinski definition) is 3. The first-order valence-corrected chi connectivity index (χ1v) is 5.87. The van der Waals surface area contributed by atoms with Gasteiger partial charge in [-0.3, -0.25) is 4.79 Å². The van der Waals surface area contributed by atoms with E-state index in [9.17, 15) is 4.79 Å². The van der Waals surface area contributed by atoms with Crippen molar-refractivity contribution in [3.63, 3.8) is 0 Å². The van der Waals surface area contributed by atoms with Crippen molar-refractivity contribution >= 4 is 5.97 Å². The van der Waals surface area contributed by atoms with Crippen LogP contribution in [0.25, 0.3) is 0 Å². The average Bonchev–Trinajstić information content (AvgIpc) is 2.14. The van der Waals surface area contributed by atoms with Gasteiger partial charge in [0, 0.05) is 12.8 Å². The van der Waals surface area contributed by atoms with Crippen molar-refractivity contribution in [1.82, 2.24) is 5.48 Å². The Kier molecular flexibility index (Phi) is 2.01. The molecule has 0 saturated heterocycles. The number of allylic oxidation sites excluding steroid dienone is 2. The van der Waals surface area contributed by atoms with E-state index in [2.05, 4.69) is 5.48 Å². The number of carbonyl (C=O) groups is 1. The SMILES string of the molecule is CC(=O)ONC1=C2CC3CC(C2)CC1C3. The van der Waals surface area contributed by atoms with Crippen LogP contribution >= 0.6 is 0 Å². The molecular weight excluding hydrogens is 190 g/mol. The van der Waals surface area contributed by atoms with Gasteiger partial charge in [0.25, 0.3) is 0 Å². The van der Waals surface area contributed by atoms with E-state index in [1.165, 1.54) is 50.3 Å². The molecule has 0 heterocycles. The van der Waals surface area contributed by atoms with Crippen LogP contribution in [0.5, 0.6) is 0 Å². The van der Waals surface area contributed by atoms with Crippen molar-refractivity contribution in [2.24, 2.45) is 17.8 Å². The van der Waals surface area contributed by atoms with Crippen LogP contribution in [0.1, 0.15) is 39.0 Å². The molecule has 3 nitrogen and oxygen atoms in total. The van der Waals surface area contributed by atoms with Gasteiger partial charge in [0.15, 0.2) is 0 Å². The zero-order chi connectivity index (χ0) is 10.4. The third-order valence-electron chi connectivity index (χ3n) is 4.07. The molecule has 0 amide bonds. The van der Waals surface area contributed by atoms with Crippen molar-refractivity contribution in [2.75, 3.05) is 0 Å². The monoisotopic (exact) mass is 207 g/mol. The highest BCUT2D eigenvalue weighted by molar-refractivity contribution is 5.65. The number of hydrogen-bond donors (Lipinski definition) is 1. The average molecular weight is 207 g/mol. The Hall–Kier alpha value is -0.990. The molecule has 2 unspecified atom stereocenters. The lowest BCUT2D eigenvalue weighted by Gasteiger charge is -2.47. The van der Waals surface area contributed by atoms with Crippen molar-refractivity contribution in [2.45, 2.75) is 39.0 Å². The lowest BCUT2D eigenvalue weighted by atomic mass is 9.60. The molecule has 2 atom stereocenters. The molecule has 0 aliphatic heterocycles. The van der Waals surface area contributed by atoms with Crippen LogP contribution in [0.3, 0.4) is 0 Å². The van der Waals surface area contributed by atoms with Gasteiger partial charge in [0.05, 0.1) is 5.70 Å². The summed E-state index contributed by atoms with van der Waals surface area (Å²) in [6.45, 7) is 1.44. The Morgan fingerprint density at radius 2 is 1.93 bits per heavy atom. The molecule has 4 aliphatic carbocycles. The van der Waals surface area contributed by atoms with Crippen LogP contribution in [0.15, 0.2) is 11.3 Å². The summed E-state index contributed by atoms with van der Waals surface area (Å²) in [6, 6.07) is 0. The van der Waals surface area contributed by atoms with E-state index in [0.717, 1.165) is 11.8 Å². The van der Waals surface area contributed by atoms with Crippen LogP contribution in [0.4, 0.5) is 0 Å². The van der Waals surface area contributed by atoms with Gasteiger partial charge in [0.1, 0.15) is 0 Å². The number of rotatable bonds is 2. The Labute approximate surface area is 89.8 Å². The second-order valence-electron chi connectivity index (χ2n) is 5.26. The molecule has 4 bridgehead atoms. The molecule has 82 valence electrons. The Bertz CT molecular complexity index is 319. The van der Waals surface area contributed by atoms with Gasteiger partial charge < -0.3 is 4.84 Å². The van der Waals surface area contributed by atoms with Crippen molar-refractivity contribution in [3.05, 3.63) is 11.3 Å². The van der Waals surface area contributed by atoms with E-state index in [-0.39, 0.29) is 5.97 Å². The van der Waals surface area contributed by atoms with Gasteiger partial charge in [-0.25, -0.2) is 5.48 Å². The van der Waals surface area contributed by atoms with Gasteiger partial charge in [-0.2, -0.15) is 0 Å². The van der Waals surface area contributed by atoms with Crippen LogP contribution in [-0.2, 0) is 9.63 Å². The molecule has 3 heteroatoms. The second-order valence-corrected chi connectivity index (χ2v) is 5.26. The van der Waals surface area contributed by atoms with Crippen LogP contribution < -0.4 is 5.48 Å². The van der Waals surface area contributed by atoms with Crippen molar-refractivity contribution < 1.29 is 9.63 Å². The minimum Gasteiger partial charge on any atom is -0.344 e. The summed E-state index contributed by atoms with van der Waals surface area (Å²) < 4.78 is 0. The maximum absolute atomic E-state index is 10.8. The zero-order valence-electron chi connectivity index (χ0n) is 9.08. The predicted molar refractivity (Wildman–Crippen MR) is 55.5 cm³/mol. The fraction of sp³-hybridized carbons (Fsp3) is 0.750. The van der Waals surface area contributed by atoms with E-state index >= 15 is 0 Å². The van der Waals surface area contributed by atoms with Crippen molar-refractivity contribution in [3.8, 4) is 0 Å². The van der Waals surface area contributed by atoms with Gasteiger partial charge in [-0.15, -0.1) is 0 Å². The molecule has 15 heavy (non-hydrogen) atoms. The minimum atomic E-state index is -0.253. The molecular formula is C12H17NO2. The van der Waals surface area contributed by atoms with Crippen molar-refractivity contribution in [1.29, 1.82) is 0 Å². The quantitative estimate of drug-likeness (QED) is 0.705. The minimum absolute atomic E-state index is 0.253. The first kappa shape index (κ1) is 9.25. The Morgan fingerprint density at radius 1 is 1.27 bits per heavy atom. The largest absolute Gasteiger partial charge is 0.344 e. The summed E-state index contributed by atoms with van der Waals surface area (Å²) in [5.74, 6) is 2.23. The molecule has 0 aromatic carbocycles. The second kappa shape index (κ2) is 3.26. The highest BCUT2D eigenvalue weighted by Crippen LogP contribution is 2.52. The third-order valence-corrected chi connectivity index (χ3v) is 4.07. The summed E-state index contributed by atoms with van der Waals surface area (Å²) in [6.07, 6.45) is 6.49. The highest BCUT2D eigenvalue weighted by Gasteiger charge is 2.42. The van der Waals surface area contributed by atoms with Gasteiger partial charge >= 0.3 is 5.97 Å². The Morgan fingerprint density at radius 3 is 2.47 bits per heavy atom. The molecule has 0 radical (unpaired) electrons. The molecule has 0 aromatic rings. The highest BCUT2D eigenvalue weighted by atomic mass is 16.7. The third kappa shape index (κ3) is 1.54. The lowest BCUT2D eigenvalue weighted by Crippen LogP contribution is -2.39. The van der Waals surface area contributed by atoms with Gasteiger partial charge in [0.2, 0.25) is 0 Å². The topological polar surface area (TPSA) is 38.3 Å². The maximum atomic E-state index is 10.8. The summed E-state index contributed by atoms with van der Waals surface area (Å²) in [4.78, 5) is 15.7. The molecule has 2 saturated carbocycles. The summed E-state index contributed by atoms with van der Waals surface area (Å²) in [7, 11) is 0. The molecule has 4 aliphatic rings. The van der Waals surface area contributed by atoms with Gasteiger partial charge in [-0.05, 0) is 49.5 Å². The Balaban J connectivity index is 1.79. The zero-order valence-corrected chi connectivity index (χ0v) is 9.08. The van der Waals surface area contributed by atoms with Crippen LogP contribution in [0, 0.1) is 17.8 Å². The summed E-state index contributed by atoms with van der Waals surface area (Å²) in [5.41, 5.74) is 5.66. The molecule has 0 aromatic heterocycles. The van der Waals surface area contributed by atoms with Crippen LogP contribution in [-0.4, -0.2) is 5.97 Å². The number of nitrogens with one attached hydrogen (secondary N) is 1. The lowest BCUT2D eigenvalue weighted by molar-refractivity contribution is -0.147. The standard InChI is InChI=1S/C12H17NO2/c1-7(14)15-13-12-10-3-8-2-9(5-10)6-11(12)4-8/h8-10,13H,2-6H2,1H3. The smallest absolute Gasteiger partial charge is 0.329 e. The van der Waals surface area contributed by atoms with Gasteiger partial charge in [-0.1, -0.05) is 0 Å². The normalized spacial score (nSPS) is 37.0. The number of carbonyl (C=O) groups excluding carboxylic acids is 1. The fourth-order valence-corrected chi connectivity index (χ4v) is 3.71. The molecule has 4 rings (SSSR count). The van der Waals surface area contributed by atoms with E-state index in [4.69, 9.17) is 4.84 Å². The van der Waals surface area contributed by atoms with E-state index in [1.54, 1.807) is 0 Å². The first-order valence-electron chi connectivity index (χ1n) is 5.87. The summed E-state index contributed by atoms with van der Waals surface area (Å²) >= 11 is 0. The maximum Gasteiger partial charge on any atom is 0.329 e. The first-order chi connectivity index (χ1) is 7.22. The predicted octanol–water partition coefficient (Wildman–Crippen LogP) is 2.15. The number of hydroxylamine groups is 1. The van der Waals surface area contributed by atoms with Crippen LogP contribution in [0.2, 0.25) is 0 Å². The van der Waals surface area contributed by atoms with E-state index in [0.29, 0.717) is 5.92 Å². The molecule has 0 spiro atoms. The van der Waals surface area contributed by atoms with E-state index in [1.807, 2.05) is 0 Å². The molecule has 1 N–H and O–H groups in total. The van der Waals surface area contributed by atoms with E-state index < -0.39 is 0 Å². The summed E-state index contributed by atoms with van der Waals surface area (Å²) in [5, 5.41) is 0. The fourth-order valence-electron chi connectivity index (χ4n) is 3.71. The molecule has 2 fully saturated rings.